The van der Waals surface area contributed by atoms with Crippen LogP contribution in [0.5, 0.6) is 0 Å². The largest absolute Gasteiger partial charge is 0.456 e. The van der Waals surface area contributed by atoms with Gasteiger partial charge in [0.1, 0.15) is 30.0 Å². The first-order chi connectivity index (χ1) is 29.1. The Hall–Kier alpha value is -5.36. The van der Waals surface area contributed by atoms with Gasteiger partial charge in [0.15, 0.2) is 23.1 Å². The van der Waals surface area contributed by atoms with Crippen molar-refractivity contribution in [2.75, 3.05) is 41.9 Å². The molecule has 3 N–H and O–H groups in total. The van der Waals surface area contributed by atoms with Gasteiger partial charge in [0, 0.05) is 66.9 Å². The van der Waals surface area contributed by atoms with Gasteiger partial charge in [0.05, 0.1) is 29.5 Å². The maximum absolute atomic E-state index is 15.8. The number of carbonyl (C=O) groups is 6. The maximum Gasteiger partial charge on any atom is 0.409 e. The molecule has 2 aromatic rings. The lowest BCUT2D eigenvalue weighted by Crippen LogP contribution is -2.91. The number of ketones is 1. The lowest BCUT2D eigenvalue weighted by atomic mass is 9.31. The summed E-state index contributed by atoms with van der Waals surface area (Å²) in [6.45, 7) is 5.81. The van der Waals surface area contributed by atoms with Crippen molar-refractivity contribution in [2.24, 2.45) is 16.7 Å². The summed E-state index contributed by atoms with van der Waals surface area (Å²) in [5, 5.41) is 28.2. The molecule has 5 fully saturated rings. The van der Waals surface area contributed by atoms with E-state index in [-0.39, 0.29) is 30.6 Å². The van der Waals surface area contributed by atoms with Crippen LogP contribution in [0.4, 0.5) is 9.59 Å². The van der Waals surface area contributed by atoms with E-state index >= 15 is 4.79 Å². The summed E-state index contributed by atoms with van der Waals surface area (Å²) >= 11 is 0. The van der Waals surface area contributed by atoms with Crippen LogP contribution < -0.4 is 5.32 Å². The van der Waals surface area contributed by atoms with E-state index in [4.69, 9.17) is 28.4 Å². The van der Waals surface area contributed by atoms with Gasteiger partial charge in [-0.05, 0) is 42.7 Å². The van der Waals surface area contributed by atoms with E-state index in [0.29, 0.717) is 11.1 Å². The SMILES string of the molecule is CO[C@H]1C(=O)[C@]2(C)[C@@H](OC(=O)N(C)C)C[C@H]3OC[C@@]3(OC(C)=O)[C@H]2[C@]2(OC(=O)c3ccccc3)C[C@@]3(C)C1=C(C)[C@@H](OC(=O)[C@H](O)[C@@H](NC(=O)N(C)C)c1ccccc1)C[C@]32O. The number of nitrogens with zero attached hydrogens (tertiary/aromatic N) is 2. The number of benzene rings is 2. The van der Waals surface area contributed by atoms with E-state index in [1.165, 1.54) is 64.2 Å². The van der Waals surface area contributed by atoms with Crippen LogP contribution >= 0.6 is 0 Å². The molecule has 12 atom stereocenters. The van der Waals surface area contributed by atoms with Gasteiger partial charge >= 0.3 is 30.0 Å². The molecule has 17 nitrogen and oxygen atoms in total. The quantitative estimate of drug-likeness (QED) is 0.178. The molecule has 8 rings (SSSR count). The van der Waals surface area contributed by atoms with Crippen LogP contribution in [0.15, 0.2) is 71.8 Å². The van der Waals surface area contributed by atoms with Gasteiger partial charge in [-0.2, -0.15) is 0 Å². The highest BCUT2D eigenvalue weighted by Gasteiger charge is 2.89. The number of Topliss-reactive ketones (excluding diaryl/α,β-unsaturated/α-hetero) is 1. The van der Waals surface area contributed by atoms with Gasteiger partial charge < -0.3 is 53.8 Å². The number of carbonyl (C=O) groups excluding carboxylic acids is 6. The molecule has 17 heteroatoms. The van der Waals surface area contributed by atoms with Crippen molar-refractivity contribution in [1.82, 2.24) is 15.1 Å². The van der Waals surface area contributed by atoms with E-state index in [9.17, 15) is 34.2 Å². The highest BCUT2D eigenvalue weighted by atomic mass is 16.6. The second-order valence-corrected chi connectivity index (χ2v) is 18.0. The smallest absolute Gasteiger partial charge is 0.409 e. The average molecular weight is 862 g/mol. The van der Waals surface area contributed by atoms with Crippen molar-refractivity contribution in [3.63, 3.8) is 0 Å². The number of nitrogens with one attached hydrogen (secondary N) is 1. The fourth-order valence-corrected chi connectivity index (χ4v) is 11.2. The number of methoxy groups -OCH3 is 1. The third-order valence-electron chi connectivity index (χ3n) is 14.1. The second kappa shape index (κ2) is 15.8. The second-order valence-electron chi connectivity index (χ2n) is 18.0. The minimum absolute atomic E-state index is 0.108. The fraction of sp³-hybridized carbons (Fsp3) is 0.556. The Morgan fingerprint density at radius 3 is 2.10 bits per heavy atom. The van der Waals surface area contributed by atoms with Gasteiger partial charge in [0.2, 0.25) is 0 Å². The Morgan fingerprint density at radius 2 is 1.55 bits per heavy atom. The van der Waals surface area contributed by atoms with Crippen LogP contribution in [-0.2, 0) is 42.8 Å². The van der Waals surface area contributed by atoms with Crippen LogP contribution in [0.3, 0.4) is 0 Å². The lowest BCUT2D eigenvalue weighted by molar-refractivity contribution is -0.403. The summed E-state index contributed by atoms with van der Waals surface area (Å²) in [5.74, 6) is -4.87. The van der Waals surface area contributed by atoms with E-state index in [1.54, 1.807) is 69.3 Å². The van der Waals surface area contributed by atoms with Crippen LogP contribution in [0.1, 0.15) is 68.9 Å². The van der Waals surface area contributed by atoms with Crippen molar-refractivity contribution in [1.29, 1.82) is 0 Å². The Kier molecular flexibility index (Phi) is 11.4. The fourth-order valence-electron chi connectivity index (χ4n) is 11.2. The summed E-state index contributed by atoms with van der Waals surface area (Å²) in [7, 11) is 7.26. The number of rotatable bonds is 10. The number of amides is 3. The van der Waals surface area contributed by atoms with Crippen molar-refractivity contribution in [3.8, 4) is 0 Å². The Balaban J connectivity index is 1.43. The number of urea groups is 1. The van der Waals surface area contributed by atoms with E-state index in [0.717, 1.165) is 0 Å². The molecule has 62 heavy (non-hydrogen) atoms. The van der Waals surface area contributed by atoms with Crippen LogP contribution in [-0.4, -0.2) is 145 Å². The molecule has 0 aromatic heterocycles. The molecule has 1 saturated heterocycles. The summed E-state index contributed by atoms with van der Waals surface area (Å²) in [6.07, 6.45) is -8.58. The van der Waals surface area contributed by atoms with Gasteiger partial charge in [-0.3, -0.25) is 9.59 Å². The third-order valence-corrected chi connectivity index (χ3v) is 14.1. The standard InChI is InChI=1S/C45H55N3O14/c1-24-28(59-37(53)33(50)32(46-39(54)47(5)6)26-16-12-10-13-17-26)21-45(56)41(3)22-44(45,62-36(52)27-18-14-11-15-19-27)38-42(4,35(51)34(57-9)31(24)41)29(60-40(55)48(7)8)20-30-43(38,23-58-30)61-25(2)49/h10-19,28-30,32-34,38,50,56H,20-23H2,1-9H3,(H,46,54)/t28-,29-,30+,32-,33+,34+,38-,41-,42-,43-,44+,45-/m0/s1. The highest BCUT2D eigenvalue weighted by Crippen LogP contribution is 2.77. The summed E-state index contributed by atoms with van der Waals surface area (Å²) in [4.78, 5) is 86.5. The van der Waals surface area contributed by atoms with Gasteiger partial charge in [-0.25, -0.2) is 19.2 Å². The minimum Gasteiger partial charge on any atom is -0.456 e. The van der Waals surface area contributed by atoms with Crippen molar-refractivity contribution >= 4 is 35.8 Å². The zero-order valence-corrected chi connectivity index (χ0v) is 36.3. The number of aliphatic hydroxyl groups is 2. The molecule has 0 spiro atoms. The summed E-state index contributed by atoms with van der Waals surface area (Å²) in [5.41, 5.74) is -8.34. The first-order valence-electron chi connectivity index (χ1n) is 20.5. The molecular weight excluding hydrogens is 807 g/mol. The number of fused-ring (bicyclic) bond motifs is 2. The van der Waals surface area contributed by atoms with E-state index < -0.39 is 112 Å². The molecule has 6 aliphatic rings. The average Bonchev–Trinajstić information content (AvgIpc) is 3.22. The number of esters is 3. The zero-order valence-electron chi connectivity index (χ0n) is 36.3. The van der Waals surface area contributed by atoms with Gasteiger partial charge in [0.25, 0.3) is 0 Å². The Labute approximate surface area is 359 Å². The molecular formula is C45H55N3O14. The van der Waals surface area contributed by atoms with Gasteiger partial charge in [-0.15, -0.1) is 0 Å². The highest BCUT2D eigenvalue weighted by molar-refractivity contribution is 5.95. The number of ether oxygens (including phenoxy) is 6. The Morgan fingerprint density at radius 1 is 0.919 bits per heavy atom. The first-order valence-corrected chi connectivity index (χ1v) is 20.5. The topological polar surface area (TPSA) is 217 Å². The van der Waals surface area contributed by atoms with Crippen LogP contribution in [0, 0.1) is 16.7 Å². The molecule has 5 aliphatic carbocycles. The molecule has 1 heterocycles. The normalized spacial score (nSPS) is 35.1. The summed E-state index contributed by atoms with van der Waals surface area (Å²) < 4.78 is 37.3. The molecule has 4 saturated carbocycles. The zero-order chi connectivity index (χ0) is 45.3. The lowest BCUT2D eigenvalue weighted by Gasteiger charge is -2.78. The van der Waals surface area contributed by atoms with Crippen molar-refractivity contribution in [2.45, 2.75) is 100 Å². The molecule has 1 aliphatic heterocycles. The van der Waals surface area contributed by atoms with Crippen molar-refractivity contribution in [3.05, 3.63) is 82.9 Å². The first kappa shape index (κ1) is 44.7. The van der Waals surface area contributed by atoms with Crippen LogP contribution in [0.2, 0.25) is 0 Å². The summed E-state index contributed by atoms with van der Waals surface area (Å²) in [6, 6.07) is 14.5. The molecule has 0 radical (unpaired) electrons. The number of hydrogen-bond donors (Lipinski definition) is 3. The van der Waals surface area contributed by atoms with E-state index in [2.05, 4.69) is 5.32 Å². The molecule has 4 bridgehead atoms. The predicted octanol–water partition coefficient (Wildman–Crippen LogP) is 3.12. The Bertz CT molecular complexity index is 2180. The third kappa shape index (κ3) is 6.49. The number of aliphatic hydroxyl groups excluding tert-OH is 1. The van der Waals surface area contributed by atoms with Gasteiger partial charge in [-0.1, -0.05) is 55.5 Å². The predicted molar refractivity (Wildman–Crippen MR) is 217 cm³/mol. The number of hydrogen-bond acceptors (Lipinski definition) is 14. The molecule has 3 amide bonds. The maximum atomic E-state index is 15.8. The van der Waals surface area contributed by atoms with Crippen molar-refractivity contribution < 1.29 is 67.4 Å². The molecule has 334 valence electrons. The van der Waals surface area contributed by atoms with E-state index in [1.807, 2.05) is 0 Å². The minimum atomic E-state index is -2.24. The molecule has 0 unspecified atom stereocenters. The van der Waals surface area contributed by atoms with Crippen LogP contribution in [0.25, 0.3) is 0 Å². The monoisotopic (exact) mass is 861 g/mol. The molecule has 2 aromatic carbocycles.